The molecular weight excluding hydrogens is 271 g/mol. The molecule has 7 heteroatoms. The molecule has 6 nitrogen and oxygen atoms in total. The van der Waals surface area contributed by atoms with Gasteiger partial charge in [-0.2, -0.15) is 0 Å². The number of unbranched alkanes of at least 4 members (excludes halogenated alkanes) is 1. The second kappa shape index (κ2) is 5.84. The van der Waals surface area contributed by atoms with E-state index in [1.807, 2.05) is 6.92 Å². The Morgan fingerprint density at radius 3 is 2.47 bits per heavy atom. The first-order valence-electron chi connectivity index (χ1n) is 5.84. The highest BCUT2D eigenvalue weighted by Crippen LogP contribution is 2.57. The highest BCUT2D eigenvalue weighted by molar-refractivity contribution is 7.52. The Kier molecular flexibility index (Phi) is 4.87. The third-order valence-corrected chi connectivity index (χ3v) is 4.38. The highest BCUT2D eigenvalue weighted by atomic mass is 31.2. The minimum Gasteiger partial charge on any atom is -0.478 e. The first kappa shape index (κ1) is 15.9. The SMILES string of the molecule is CCCCC(O)(c1cccc(C(=O)O)c1)P(=O)(O)O. The Hall–Kier alpha value is -1.20. The maximum atomic E-state index is 11.5. The van der Waals surface area contributed by atoms with Crippen LogP contribution in [0.1, 0.15) is 42.1 Å². The minimum atomic E-state index is -4.83. The van der Waals surface area contributed by atoms with Crippen molar-refractivity contribution in [3.05, 3.63) is 35.4 Å². The molecule has 0 amide bonds. The van der Waals surface area contributed by atoms with Crippen molar-refractivity contribution in [1.29, 1.82) is 0 Å². The fraction of sp³-hybridized carbons (Fsp3) is 0.417. The summed E-state index contributed by atoms with van der Waals surface area (Å²) in [6.07, 6.45) is 0.941. The van der Waals surface area contributed by atoms with Gasteiger partial charge >= 0.3 is 13.6 Å². The minimum absolute atomic E-state index is 0.0748. The monoisotopic (exact) mass is 288 g/mol. The number of aromatic carboxylic acids is 1. The highest BCUT2D eigenvalue weighted by Gasteiger charge is 2.46. The van der Waals surface area contributed by atoms with Crippen molar-refractivity contribution in [2.24, 2.45) is 0 Å². The van der Waals surface area contributed by atoms with E-state index in [9.17, 15) is 24.3 Å². The topological polar surface area (TPSA) is 115 Å². The van der Waals surface area contributed by atoms with Gasteiger partial charge < -0.3 is 20.0 Å². The Labute approximate surface area is 110 Å². The number of aliphatic hydroxyl groups is 1. The van der Waals surface area contributed by atoms with Crippen LogP contribution in [0.15, 0.2) is 24.3 Å². The van der Waals surface area contributed by atoms with Crippen LogP contribution in [0.2, 0.25) is 0 Å². The Morgan fingerprint density at radius 1 is 1.37 bits per heavy atom. The summed E-state index contributed by atoms with van der Waals surface area (Å²) in [5.74, 6) is -1.22. The van der Waals surface area contributed by atoms with Crippen LogP contribution in [0.4, 0.5) is 0 Å². The largest absolute Gasteiger partial charge is 0.478 e. The zero-order chi connectivity index (χ0) is 14.7. The number of rotatable bonds is 6. The average molecular weight is 288 g/mol. The third-order valence-electron chi connectivity index (χ3n) is 2.93. The van der Waals surface area contributed by atoms with E-state index in [0.29, 0.717) is 12.8 Å². The second-order valence-electron chi connectivity index (χ2n) is 4.35. The van der Waals surface area contributed by atoms with Gasteiger partial charge in [0.25, 0.3) is 0 Å². The number of benzene rings is 1. The molecule has 0 bridgehead atoms. The molecule has 1 aromatic rings. The Morgan fingerprint density at radius 2 is 2.00 bits per heavy atom. The van der Waals surface area contributed by atoms with Gasteiger partial charge in [-0.1, -0.05) is 25.5 Å². The second-order valence-corrected chi connectivity index (χ2v) is 6.18. The van der Waals surface area contributed by atoms with Crippen molar-refractivity contribution in [1.82, 2.24) is 0 Å². The van der Waals surface area contributed by atoms with Crippen molar-refractivity contribution in [3.63, 3.8) is 0 Å². The molecular formula is C12H17O6P. The first-order chi connectivity index (χ1) is 8.72. The summed E-state index contributed by atoms with van der Waals surface area (Å²) >= 11 is 0. The molecule has 4 N–H and O–H groups in total. The summed E-state index contributed by atoms with van der Waals surface area (Å²) < 4.78 is 11.5. The van der Waals surface area contributed by atoms with Crippen LogP contribution in [0.5, 0.6) is 0 Å². The standard InChI is InChI=1S/C12H17O6P/c1-2-3-7-12(15,19(16,17)18)10-6-4-5-9(8-10)11(13)14/h4-6,8,15H,2-3,7H2,1H3,(H,13,14)(H2,16,17,18). The van der Waals surface area contributed by atoms with Crippen LogP contribution in [0, 0.1) is 0 Å². The molecule has 0 radical (unpaired) electrons. The van der Waals surface area contributed by atoms with Gasteiger partial charge in [0, 0.05) is 0 Å². The smallest absolute Gasteiger partial charge is 0.361 e. The summed E-state index contributed by atoms with van der Waals surface area (Å²) in [6.45, 7) is 1.83. The number of carbonyl (C=O) groups is 1. The van der Waals surface area contributed by atoms with Crippen molar-refractivity contribution >= 4 is 13.6 Å². The Bertz CT molecular complexity index is 509. The van der Waals surface area contributed by atoms with Crippen LogP contribution in [-0.2, 0) is 9.91 Å². The third kappa shape index (κ3) is 3.42. The lowest BCUT2D eigenvalue weighted by molar-refractivity contribution is 0.0690. The van der Waals surface area contributed by atoms with Crippen LogP contribution in [0.25, 0.3) is 0 Å². The van der Waals surface area contributed by atoms with Gasteiger partial charge in [-0.15, -0.1) is 0 Å². The van der Waals surface area contributed by atoms with Crippen molar-refractivity contribution in [2.45, 2.75) is 31.5 Å². The van der Waals surface area contributed by atoms with Crippen LogP contribution >= 0.6 is 7.60 Å². The molecule has 0 aliphatic carbocycles. The summed E-state index contributed by atoms with van der Waals surface area (Å²) in [4.78, 5) is 29.6. The molecule has 0 aliphatic rings. The normalized spacial score (nSPS) is 14.9. The van der Waals surface area contributed by atoms with Crippen molar-refractivity contribution in [3.8, 4) is 0 Å². The number of carboxylic acid groups (broad SMARTS) is 1. The lowest BCUT2D eigenvalue weighted by Crippen LogP contribution is -2.26. The number of hydrogen-bond acceptors (Lipinski definition) is 3. The predicted octanol–water partition coefficient (Wildman–Crippen LogP) is 1.90. The molecule has 1 unspecified atom stereocenters. The molecule has 0 aromatic heterocycles. The van der Waals surface area contributed by atoms with E-state index in [1.54, 1.807) is 0 Å². The summed E-state index contributed by atoms with van der Waals surface area (Å²) in [7, 11) is -4.83. The molecule has 0 saturated heterocycles. The fourth-order valence-electron chi connectivity index (χ4n) is 1.78. The first-order valence-corrected chi connectivity index (χ1v) is 7.45. The molecule has 0 heterocycles. The molecule has 106 valence electrons. The van der Waals surface area contributed by atoms with Crippen molar-refractivity contribution < 1.29 is 29.4 Å². The van der Waals surface area contributed by atoms with Gasteiger partial charge in [0.05, 0.1) is 5.56 Å². The Balaban J connectivity index is 3.29. The van der Waals surface area contributed by atoms with E-state index in [-0.39, 0.29) is 17.5 Å². The molecule has 0 fully saturated rings. The molecule has 0 saturated carbocycles. The quantitative estimate of drug-likeness (QED) is 0.594. The maximum absolute atomic E-state index is 11.5. The van der Waals surface area contributed by atoms with E-state index in [4.69, 9.17) is 5.11 Å². The van der Waals surface area contributed by atoms with E-state index in [1.165, 1.54) is 18.2 Å². The van der Waals surface area contributed by atoms with Crippen LogP contribution < -0.4 is 0 Å². The van der Waals surface area contributed by atoms with Gasteiger partial charge in [0.1, 0.15) is 0 Å². The van der Waals surface area contributed by atoms with E-state index in [0.717, 1.165) is 6.07 Å². The molecule has 0 spiro atoms. The maximum Gasteiger partial charge on any atom is 0.361 e. The van der Waals surface area contributed by atoms with E-state index in [2.05, 4.69) is 0 Å². The lowest BCUT2D eigenvalue weighted by Gasteiger charge is -2.29. The predicted molar refractivity (Wildman–Crippen MR) is 68.9 cm³/mol. The van der Waals surface area contributed by atoms with E-state index >= 15 is 0 Å². The van der Waals surface area contributed by atoms with Crippen molar-refractivity contribution in [2.75, 3.05) is 0 Å². The zero-order valence-electron chi connectivity index (χ0n) is 10.5. The molecule has 1 aromatic carbocycles. The zero-order valence-corrected chi connectivity index (χ0v) is 11.4. The van der Waals surface area contributed by atoms with Gasteiger partial charge in [0.15, 0.2) is 5.34 Å². The van der Waals surface area contributed by atoms with Gasteiger partial charge in [0.2, 0.25) is 0 Å². The number of hydrogen-bond donors (Lipinski definition) is 4. The molecule has 0 aliphatic heterocycles. The van der Waals surface area contributed by atoms with Crippen LogP contribution in [0.3, 0.4) is 0 Å². The van der Waals surface area contributed by atoms with Gasteiger partial charge in [-0.3, -0.25) is 4.57 Å². The van der Waals surface area contributed by atoms with Gasteiger partial charge in [-0.25, -0.2) is 4.79 Å². The van der Waals surface area contributed by atoms with Gasteiger partial charge in [-0.05, 0) is 30.5 Å². The van der Waals surface area contributed by atoms with Crippen LogP contribution in [-0.4, -0.2) is 26.0 Å². The summed E-state index contributed by atoms with van der Waals surface area (Å²) in [5, 5.41) is 16.8. The summed E-state index contributed by atoms with van der Waals surface area (Å²) in [6, 6.07) is 5.06. The average Bonchev–Trinajstić information content (AvgIpc) is 2.34. The molecule has 1 atom stereocenters. The molecule has 1 rings (SSSR count). The molecule has 19 heavy (non-hydrogen) atoms. The van der Waals surface area contributed by atoms with E-state index < -0.39 is 18.9 Å². The summed E-state index contributed by atoms with van der Waals surface area (Å²) in [5.41, 5.74) is -0.199. The number of carboxylic acids is 1. The fourth-order valence-corrected chi connectivity index (χ4v) is 2.71. The lowest BCUT2D eigenvalue weighted by atomic mass is 10.0.